The molecule has 2 rings (SSSR count). The van der Waals surface area contributed by atoms with Gasteiger partial charge in [-0.05, 0) is 50.1 Å². The molecule has 0 amide bonds. The van der Waals surface area contributed by atoms with Crippen molar-refractivity contribution in [3.8, 4) is 5.75 Å². The van der Waals surface area contributed by atoms with Gasteiger partial charge in [0.15, 0.2) is 0 Å². The Morgan fingerprint density at radius 1 is 1.35 bits per heavy atom. The van der Waals surface area contributed by atoms with E-state index in [4.69, 9.17) is 10.5 Å². The molecule has 2 N–H and O–H groups in total. The first-order chi connectivity index (χ1) is 8.21. The second-order valence-electron chi connectivity index (χ2n) is 4.32. The number of ether oxygens (including phenoxy) is 1. The average Bonchev–Trinajstić information content (AvgIpc) is 2.66. The molecule has 17 heavy (non-hydrogen) atoms. The number of fused-ring (bicyclic) bond motifs is 1. The third-order valence-corrected chi connectivity index (χ3v) is 3.23. The fraction of sp³-hybridized carbons (Fsp3) is 0.429. The zero-order valence-corrected chi connectivity index (χ0v) is 10.8. The van der Waals surface area contributed by atoms with Gasteiger partial charge in [0.1, 0.15) is 5.75 Å². The lowest BCUT2D eigenvalue weighted by atomic mass is 10.1. The van der Waals surface area contributed by atoms with Crippen molar-refractivity contribution in [2.24, 2.45) is 5.73 Å². The Balaban J connectivity index is 2.67. The van der Waals surface area contributed by atoms with E-state index in [1.165, 1.54) is 22.0 Å². The summed E-state index contributed by atoms with van der Waals surface area (Å²) in [5.41, 5.74) is 9.42. The highest BCUT2D eigenvalue weighted by atomic mass is 16.5. The minimum Gasteiger partial charge on any atom is -0.496 e. The van der Waals surface area contributed by atoms with Crippen LogP contribution in [0.25, 0.3) is 10.9 Å². The molecule has 1 aromatic carbocycles. The van der Waals surface area contributed by atoms with Crippen molar-refractivity contribution in [3.05, 3.63) is 29.5 Å². The Morgan fingerprint density at radius 3 is 2.71 bits per heavy atom. The van der Waals surface area contributed by atoms with Crippen molar-refractivity contribution < 1.29 is 4.74 Å². The maximum absolute atomic E-state index is 5.66. The van der Waals surface area contributed by atoms with E-state index in [1.54, 1.807) is 7.11 Å². The Hall–Kier alpha value is -1.48. The van der Waals surface area contributed by atoms with Gasteiger partial charge >= 0.3 is 0 Å². The number of methoxy groups -OCH3 is 1. The van der Waals surface area contributed by atoms with Gasteiger partial charge in [-0.3, -0.25) is 0 Å². The van der Waals surface area contributed by atoms with Crippen molar-refractivity contribution in [2.45, 2.75) is 26.8 Å². The summed E-state index contributed by atoms with van der Waals surface area (Å²) in [6.07, 6.45) is 3.12. The van der Waals surface area contributed by atoms with E-state index in [1.807, 2.05) is 0 Å². The second-order valence-corrected chi connectivity index (χ2v) is 4.32. The van der Waals surface area contributed by atoms with Gasteiger partial charge in [0.2, 0.25) is 0 Å². The van der Waals surface area contributed by atoms with E-state index >= 15 is 0 Å². The van der Waals surface area contributed by atoms with Crippen molar-refractivity contribution in [2.75, 3.05) is 13.7 Å². The number of nitrogens with zero attached hydrogens (tertiary/aromatic N) is 1. The number of hydrogen-bond donors (Lipinski definition) is 1. The van der Waals surface area contributed by atoms with Crippen LogP contribution < -0.4 is 10.5 Å². The molecule has 0 aliphatic heterocycles. The first-order valence-corrected chi connectivity index (χ1v) is 6.07. The first-order valence-electron chi connectivity index (χ1n) is 6.07. The van der Waals surface area contributed by atoms with E-state index in [0.717, 1.165) is 18.7 Å². The smallest absolute Gasteiger partial charge is 0.122 e. The third kappa shape index (κ3) is 2.03. The summed E-state index contributed by atoms with van der Waals surface area (Å²) in [4.78, 5) is 0. The predicted molar refractivity (Wildman–Crippen MR) is 71.7 cm³/mol. The van der Waals surface area contributed by atoms with E-state index in [0.29, 0.717) is 6.54 Å². The van der Waals surface area contributed by atoms with Crippen LogP contribution >= 0.6 is 0 Å². The average molecular weight is 232 g/mol. The summed E-state index contributed by atoms with van der Waals surface area (Å²) >= 11 is 0. The van der Waals surface area contributed by atoms with E-state index < -0.39 is 0 Å². The molecule has 2 aromatic rings. The highest BCUT2D eigenvalue weighted by molar-refractivity contribution is 5.86. The molecular weight excluding hydrogens is 212 g/mol. The van der Waals surface area contributed by atoms with Crippen LogP contribution in [0.2, 0.25) is 0 Å². The first kappa shape index (κ1) is 12.0. The molecule has 0 fully saturated rings. The lowest BCUT2D eigenvalue weighted by Crippen LogP contribution is -2.02. The Kier molecular flexibility index (Phi) is 3.38. The molecule has 0 aliphatic carbocycles. The van der Waals surface area contributed by atoms with Gasteiger partial charge in [-0.2, -0.15) is 0 Å². The maximum Gasteiger partial charge on any atom is 0.122 e. The third-order valence-electron chi connectivity index (χ3n) is 3.23. The molecule has 0 unspecified atom stereocenters. The topological polar surface area (TPSA) is 40.2 Å². The maximum atomic E-state index is 5.66. The molecule has 1 aromatic heterocycles. The predicted octanol–water partition coefficient (Wildman–Crippen LogP) is 2.48. The molecule has 0 radical (unpaired) electrons. The van der Waals surface area contributed by atoms with E-state index in [2.05, 4.69) is 36.7 Å². The number of aryl methyl sites for hydroxylation is 2. The van der Waals surface area contributed by atoms with Crippen LogP contribution in [0.4, 0.5) is 0 Å². The molecule has 0 aliphatic rings. The molecule has 3 heteroatoms. The zero-order chi connectivity index (χ0) is 12.4. The largest absolute Gasteiger partial charge is 0.496 e. The van der Waals surface area contributed by atoms with Crippen LogP contribution in [0.15, 0.2) is 18.3 Å². The van der Waals surface area contributed by atoms with Gasteiger partial charge in [0, 0.05) is 23.6 Å². The van der Waals surface area contributed by atoms with Gasteiger partial charge in [0.05, 0.1) is 7.11 Å². The second kappa shape index (κ2) is 4.80. The van der Waals surface area contributed by atoms with Crippen LogP contribution in [0.5, 0.6) is 5.75 Å². The minimum atomic E-state index is 0.680. The molecule has 3 nitrogen and oxygen atoms in total. The number of rotatable bonds is 4. The van der Waals surface area contributed by atoms with Crippen molar-refractivity contribution >= 4 is 10.9 Å². The van der Waals surface area contributed by atoms with Gasteiger partial charge in [-0.25, -0.2) is 0 Å². The van der Waals surface area contributed by atoms with Gasteiger partial charge in [-0.15, -0.1) is 0 Å². The minimum absolute atomic E-state index is 0.680. The summed E-state index contributed by atoms with van der Waals surface area (Å²) in [6.45, 7) is 5.89. The summed E-state index contributed by atoms with van der Waals surface area (Å²) in [6, 6.07) is 4.32. The molecule has 0 saturated heterocycles. The Labute approximate surface area is 102 Å². The molecule has 0 atom stereocenters. The van der Waals surface area contributed by atoms with Crippen LogP contribution in [0.3, 0.4) is 0 Å². The fourth-order valence-corrected chi connectivity index (χ4v) is 2.33. The van der Waals surface area contributed by atoms with Crippen LogP contribution in [0.1, 0.15) is 18.1 Å². The van der Waals surface area contributed by atoms with Gasteiger partial charge in [-0.1, -0.05) is 0 Å². The lowest BCUT2D eigenvalue weighted by Gasteiger charge is -2.07. The summed E-state index contributed by atoms with van der Waals surface area (Å²) in [5.74, 6) is 0.949. The molecule has 0 spiro atoms. The summed E-state index contributed by atoms with van der Waals surface area (Å²) < 4.78 is 7.66. The standard InChI is InChI=1S/C14H20N2O/c1-4-16-9-11(5-6-15)12-8-14(17-3)10(2)7-13(12)16/h7-9H,4-6,15H2,1-3H3. The molecule has 0 saturated carbocycles. The normalized spacial score (nSPS) is 11.1. The van der Waals surface area contributed by atoms with Crippen molar-refractivity contribution in [1.82, 2.24) is 4.57 Å². The number of nitrogens with two attached hydrogens (primary N) is 1. The van der Waals surface area contributed by atoms with E-state index in [-0.39, 0.29) is 0 Å². The van der Waals surface area contributed by atoms with Gasteiger partial charge in [0.25, 0.3) is 0 Å². The Morgan fingerprint density at radius 2 is 2.12 bits per heavy atom. The number of benzene rings is 1. The highest BCUT2D eigenvalue weighted by Crippen LogP contribution is 2.29. The van der Waals surface area contributed by atoms with Gasteiger partial charge < -0.3 is 15.0 Å². The van der Waals surface area contributed by atoms with Crippen LogP contribution in [-0.4, -0.2) is 18.2 Å². The number of hydrogen-bond acceptors (Lipinski definition) is 2. The van der Waals surface area contributed by atoms with Crippen molar-refractivity contribution in [1.29, 1.82) is 0 Å². The quantitative estimate of drug-likeness (QED) is 0.879. The monoisotopic (exact) mass is 232 g/mol. The summed E-state index contributed by atoms with van der Waals surface area (Å²) in [7, 11) is 1.72. The fourth-order valence-electron chi connectivity index (χ4n) is 2.33. The SMILES string of the molecule is CCn1cc(CCN)c2cc(OC)c(C)cc21. The molecular formula is C14H20N2O. The lowest BCUT2D eigenvalue weighted by molar-refractivity contribution is 0.412. The highest BCUT2D eigenvalue weighted by Gasteiger charge is 2.10. The molecule has 0 bridgehead atoms. The van der Waals surface area contributed by atoms with Crippen LogP contribution in [0, 0.1) is 6.92 Å². The number of aromatic nitrogens is 1. The van der Waals surface area contributed by atoms with Crippen molar-refractivity contribution in [3.63, 3.8) is 0 Å². The van der Waals surface area contributed by atoms with Crippen LogP contribution in [-0.2, 0) is 13.0 Å². The Bertz CT molecular complexity index is 528. The molecule has 92 valence electrons. The van der Waals surface area contributed by atoms with E-state index in [9.17, 15) is 0 Å². The molecule has 1 heterocycles. The summed E-state index contributed by atoms with van der Waals surface area (Å²) in [5, 5.41) is 1.26. The zero-order valence-electron chi connectivity index (χ0n) is 10.8.